The number of rotatable bonds is 5. The molecule has 4 nitrogen and oxygen atoms in total. The van der Waals surface area contributed by atoms with E-state index >= 15 is 0 Å². The molecule has 0 atom stereocenters. The topological polar surface area (TPSA) is 41.6 Å². The quantitative estimate of drug-likeness (QED) is 0.919. The molecular formula is C20H24N2O2. The molecule has 0 aromatic heterocycles. The van der Waals surface area contributed by atoms with Gasteiger partial charge in [0.2, 0.25) is 0 Å². The van der Waals surface area contributed by atoms with Crippen molar-refractivity contribution < 1.29 is 9.53 Å². The van der Waals surface area contributed by atoms with Crippen LogP contribution in [-0.4, -0.2) is 33.2 Å². The number of aryl methyl sites for hydroxylation is 1. The van der Waals surface area contributed by atoms with E-state index < -0.39 is 0 Å². The molecule has 24 heavy (non-hydrogen) atoms. The molecule has 0 unspecified atom stereocenters. The molecule has 1 amide bonds. The van der Waals surface area contributed by atoms with Gasteiger partial charge in [0.15, 0.2) is 0 Å². The minimum atomic E-state index is -0.0278. The van der Waals surface area contributed by atoms with Gasteiger partial charge in [-0.1, -0.05) is 18.2 Å². The molecule has 0 fully saturated rings. The van der Waals surface area contributed by atoms with E-state index in [9.17, 15) is 4.79 Å². The number of hydrogen-bond acceptors (Lipinski definition) is 3. The van der Waals surface area contributed by atoms with Gasteiger partial charge >= 0.3 is 0 Å². The van der Waals surface area contributed by atoms with Crippen LogP contribution in [0.3, 0.4) is 0 Å². The van der Waals surface area contributed by atoms with Crippen LogP contribution in [0, 0.1) is 0 Å². The average molecular weight is 324 g/mol. The molecule has 4 heteroatoms. The lowest BCUT2D eigenvalue weighted by molar-refractivity contribution is 0.0954. The Morgan fingerprint density at radius 3 is 2.92 bits per heavy atom. The molecule has 1 aliphatic heterocycles. The van der Waals surface area contributed by atoms with Gasteiger partial charge in [0.1, 0.15) is 5.75 Å². The summed E-state index contributed by atoms with van der Waals surface area (Å²) in [6, 6.07) is 14.0. The van der Waals surface area contributed by atoms with E-state index in [-0.39, 0.29) is 5.91 Å². The Balaban J connectivity index is 1.56. The van der Waals surface area contributed by atoms with E-state index in [0.29, 0.717) is 12.1 Å². The number of anilines is 1. The average Bonchev–Trinajstić information content (AvgIpc) is 2.61. The standard InChI is InChI=1S/C20H24N2O2/c1-22(2)18-7-3-5-17(14-18)20(23)21-11-10-15-8-9-19-16(13-15)6-4-12-24-19/h3,5,7-9,13-14H,4,6,10-12H2,1-2H3,(H,21,23). The number of ether oxygens (including phenoxy) is 1. The number of carbonyl (C=O) groups is 1. The minimum Gasteiger partial charge on any atom is -0.493 e. The summed E-state index contributed by atoms with van der Waals surface area (Å²) in [4.78, 5) is 14.3. The molecule has 3 rings (SSSR count). The van der Waals surface area contributed by atoms with Gasteiger partial charge in [0, 0.05) is 31.9 Å². The minimum absolute atomic E-state index is 0.0278. The van der Waals surface area contributed by atoms with Crippen LogP contribution in [0.4, 0.5) is 5.69 Å². The highest BCUT2D eigenvalue weighted by Crippen LogP contribution is 2.25. The Morgan fingerprint density at radius 1 is 1.21 bits per heavy atom. The van der Waals surface area contributed by atoms with Crippen molar-refractivity contribution in [2.24, 2.45) is 0 Å². The highest BCUT2D eigenvalue weighted by molar-refractivity contribution is 5.95. The van der Waals surface area contributed by atoms with E-state index in [0.717, 1.165) is 37.3 Å². The van der Waals surface area contributed by atoms with Crippen LogP contribution in [0.25, 0.3) is 0 Å². The first-order valence-corrected chi connectivity index (χ1v) is 8.44. The van der Waals surface area contributed by atoms with Crippen molar-refractivity contribution in [3.05, 3.63) is 59.2 Å². The largest absolute Gasteiger partial charge is 0.493 e. The van der Waals surface area contributed by atoms with Crippen molar-refractivity contribution in [1.82, 2.24) is 5.32 Å². The van der Waals surface area contributed by atoms with Gasteiger partial charge in [-0.2, -0.15) is 0 Å². The van der Waals surface area contributed by atoms with Gasteiger partial charge in [0.25, 0.3) is 5.91 Å². The van der Waals surface area contributed by atoms with Crippen molar-refractivity contribution in [1.29, 1.82) is 0 Å². The summed E-state index contributed by atoms with van der Waals surface area (Å²) in [6.45, 7) is 1.44. The number of fused-ring (bicyclic) bond motifs is 1. The third-order valence-corrected chi connectivity index (χ3v) is 4.30. The fourth-order valence-corrected chi connectivity index (χ4v) is 2.92. The summed E-state index contributed by atoms with van der Waals surface area (Å²) >= 11 is 0. The predicted octanol–water partition coefficient (Wildman–Crippen LogP) is 3.05. The number of benzene rings is 2. The monoisotopic (exact) mass is 324 g/mol. The lowest BCUT2D eigenvalue weighted by Gasteiger charge is -2.18. The lowest BCUT2D eigenvalue weighted by Crippen LogP contribution is -2.26. The number of nitrogens with one attached hydrogen (secondary N) is 1. The first-order chi connectivity index (χ1) is 11.6. The molecule has 0 radical (unpaired) electrons. The van der Waals surface area contributed by atoms with Crippen LogP contribution in [0.5, 0.6) is 5.75 Å². The molecule has 0 spiro atoms. The summed E-state index contributed by atoms with van der Waals surface area (Å²) in [6.07, 6.45) is 2.98. The lowest BCUT2D eigenvalue weighted by atomic mass is 10.0. The summed E-state index contributed by atoms with van der Waals surface area (Å²) in [7, 11) is 3.94. The Labute approximate surface area is 143 Å². The molecule has 2 aromatic carbocycles. The third-order valence-electron chi connectivity index (χ3n) is 4.30. The zero-order valence-corrected chi connectivity index (χ0v) is 14.3. The van der Waals surface area contributed by atoms with Crippen LogP contribution >= 0.6 is 0 Å². The van der Waals surface area contributed by atoms with Gasteiger partial charge in [-0.3, -0.25) is 4.79 Å². The van der Waals surface area contributed by atoms with Crippen molar-refractivity contribution in [3.8, 4) is 5.75 Å². The fraction of sp³-hybridized carbons (Fsp3) is 0.350. The summed E-state index contributed by atoms with van der Waals surface area (Å²) < 4.78 is 5.64. The molecule has 2 aromatic rings. The third kappa shape index (κ3) is 3.88. The molecule has 0 bridgehead atoms. The van der Waals surface area contributed by atoms with E-state index in [1.54, 1.807) is 0 Å². The van der Waals surface area contributed by atoms with E-state index in [2.05, 4.69) is 17.4 Å². The first-order valence-electron chi connectivity index (χ1n) is 8.44. The predicted molar refractivity (Wildman–Crippen MR) is 97.1 cm³/mol. The second-order valence-corrected chi connectivity index (χ2v) is 6.34. The maximum atomic E-state index is 12.3. The van der Waals surface area contributed by atoms with Gasteiger partial charge in [-0.05, 0) is 54.7 Å². The molecule has 1 aliphatic rings. The van der Waals surface area contributed by atoms with E-state index in [4.69, 9.17) is 4.74 Å². The number of hydrogen-bond donors (Lipinski definition) is 1. The Kier molecular flexibility index (Phi) is 5.04. The van der Waals surface area contributed by atoms with Crippen molar-refractivity contribution in [2.75, 3.05) is 32.1 Å². The van der Waals surface area contributed by atoms with Gasteiger partial charge in [-0.15, -0.1) is 0 Å². The molecule has 1 N–H and O–H groups in total. The molecular weight excluding hydrogens is 300 g/mol. The number of carbonyl (C=O) groups excluding carboxylic acids is 1. The Bertz CT molecular complexity index is 725. The second-order valence-electron chi connectivity index (χ2n) is 6.34. The van der Waals surface area contributed by atoms with Crippen LogP contribution in [0.15, 0.2) is 42.5 Å². The molecule has 0 aliphatic carbocycles. The summed E-state index contributed by atoms with van der Waals surface area (Å²) in [5, 5.41) is 3.00. The maximum absolute atomic E-state index is 12.3. The highest BCUT2D eigenvalue weighted by atomic mass is 16.5. The van der Waals surface area contributed by atoms with Crippen molar-refractivity contribution in [3.63, 3.8) is 0 Å². The van der Waals surface area contributed by atoms with Gasteiger partial charge in [0.05, 0.1) is 6.61 Å². The Morgan fingerprint density at radius 2 is 2.08 bits per heavy atom. The maximum Gasteiger partial charge on any atom is 0.251 e. The Hall–Kier alpha value is -2.49. The smallest absolute Gasteiger partial charge is 0.251 e. The summed E-state index contributed by atoms with van der Waals surface area (Å²) in [5.41, 5.74) is 4.24. The zero-order chi connectivity index (χ0) is 16.9. The normalized spacial score (nSPS) is 12.9. The molecule has 126 valence electrons. The summed E-state index contributed by atoms with van der Waals surface area (Å²) in [5.74, 6) is 0.981. The van der Waals surface area contributed by atoms with Crippen LogP contribution in [0.2, 0.25) is 0 Å². The van der Waals surface area contributed by atoms with Gasteiger partial charge < -0.3 is 15.0 Å². The number of amides is 1. The fourth-order valence-electron chi connectivity index (χ4n) is 2.92. The molecule has 1 heterocycles. The number of nitrogens with zero attached hydrogens (tertiary/aromatic N) is 1. The van der Waals surface area contributed by atoms with Crippen molar-refractivity contribution >= 4 is 11.6 Å². The molecule has 0 saturated heterocycles. The van der Waals surface area contributed by atoms with Crippen molar-refractivity contribution in [2.45, 2.75) is 19.3 Å². The van der Waals surface area contributed by atoms with Crippen LogP contribution < -0.4 is 15.0 Å². The van der Waals surface area contributed by atoms with Crippen LogP contribution in [0.1, 0.15) is 27.9 Å². The molecule has 0 saturated carbocycles. The second kappa shape index (κ2) is 7.39. The highest BCUT2D eigenvalue weighted by Gasteiger charge is 2.11. The van der Waals surface area contributed by atoms with E-state index in [1.807, 2.05) is 49.3 Å². The van der Waals surface area contributed by atoms with E-state index in [1.165, 1.54) is 11.1 Å². The first kappa shape index (κ1) is 16.4. The zero-order valence-electron chi connectivity index (χ0n) is 14.3. The van der Waals surface area contributed by atoms with Crippen LogP contribution in [-0.2, 0) is 12.8 Å². The van der Waals surface area contributed by atoms with Gasteiger partial charge in [-0.25, -0.2) is 0 Å². The SMILES string of the molecule is CN(C)c1cccc(C(=O)NCCc2ccc3c(c2)CCCO3)c1.